The second-order valence-electron chi connectivity index (χ2n) is 3.48. The number of carbonyl (C=O) groups is 1. The predicted molar refractivity (Wildman–Crippen MR) is 52.8 cm³/mol. The van der Waals surface area contributed by atoms with Crippen LogP contribution in [0.4, 0.5) is 0 Å². The summed E-state index contributed by atoms with van der Waals surface area (Å²) in [6.07, 6.45) is 2.12. The van der Waals surface area contributed by atoms with Crippen LogP contribution >= 0.6 is 0 Å². The molecule has 4 heteroatoms. The molecule has 1 aliphatic rings. The van der Waals surface area contributed by atoms with Gasteiger partial charge >= 0.3 is 0 Å². The van der Waals surface area contributed by atoms with Crippen LogP contribution in [-0.4, -0.2) is 36.4 Å². The molecular formula is C10H17NO3. The van der Waals surface area contributed by atoms with Crippen molar-refractivity contribution in [3.8, 4) is 0 Å². The standard InChI is InChI=1S/C10H17NO3/c1-3-4-7(2)10(13)11-8-5-14-6-9(8)12/h4,8-9,12H,3,5-6H2,1-2H3,(H,11,13)/b7-4-/t8-,9-/m1/s1. The third kappa shape index (κ3) is 2.82. The number of hydrogen-bond donors (Lipinski definition) is 2. The van der Waals surface area contributed by atoms with Gasteiger partial charge in [-0.2, -0.15) is 0 Å². The van der Waals surface area contributed by atoms with Crippen LogP contribution in [0.25, 0.3) is 0 Å². The van der Waals surface area contributed by atoms with Crippen LogP contribution in [0.15, 0.2) is 11.6 Å². The van der Waals surface area contributed by atoms with Gasteiger partial charge in [-0.05, 0) is 13.3 Å². The van der Waals surface area contributed by atoms with Crippen LogP contribution in [0.1, 0.15) is 20.3 Å². The summed E-state index contributed by atoms with van der Waals surface area (Å²) in [6, 6.07) is -0.261. The van der Waals surface area contributed by atoms with Crippen molar-refractivity contribution < 1.29 is 14.6 Å². The first-order valence-corrected chi connectivity index (χ1v) is 4.88. The van der Waals surface area contributed by atoms with E-state index in [1.807, 2.05) is 13.0 Å². The zero-order valence-electron chi connectivity index (χ0n) is 8.62. The Morgan fingerprint density at radius 2 is 2.36 bits per heavy atom. The maximum Gasteiger partial charge on any atom is 0.246 e. The fraction of sp³-hybridized carbons (Fsp3) is 0.700. The summed E-state index contributed by atoms with van der Waals surface area (Å²) in [4.78, 5) is 11.5. The number of aliphatic hydroxyl groups is 1. The summed E-state index contributed by atoms with van der Waals surface area (Å²) in [7, 11) is 0. The van der Waals surface area contributed by atoms with E-state index in [1.165, 1.54) is 0 Å². The van der Waals surface area contributed by atoms with E-state index in [-0.39, 0.29) is 11.9 Å². The van der Waals surface area contributed by atoms with Gasteiger partial charge in [0.05, 0.1) is 25.4 Å². The first-order chi connectivity index (χ1) is 6.65. The maximum absolute atomic E-state index is 11.5. The molecule has 0 aromatic carbocycles. The zero-order valence-corrected chi connectivity index (χ0v) is 8.62. The summed E-state index contributed by atoms with van der Waals surface area (Å²) in [5.74, 6) is -0.124. The smallest absolute Gasteiger partial charge is 0.246 e. The van der Waals surface area contributed by atoms with E-state index in [1.54, 1.807) is 6.92 Å². The van der Waals surface area contributed by atoms with Crippen LogP contribution in [0.3, 0.4) is 0 Å². The van der Waals surface area contributed by atoms with Crippen molar-refractivity contribution in [1.82, 2.24) is 5.32 Å². The number of hydrogen-bond acceptors (Lipinski definition) is 3. The first kappa shape index (κ1) is 11.2. The molecule has 4 nitrogen and oxygen atoms in total. The Labute approximate surface area is 83.9 Å². The van der Waals surface area contributed by atoms with Gasteiger partial charge in [-0.25, -0.2) is 0 Å². The zero-order chi connectivity index (χ0) is 10.6. The van der Waals surface area contributed by atoms with Crippen molar-refractivity contribution in [3.63, 3.8) is 0 Å². The van der Waals surface area contributed by atoms with Crippen molar-refractivity contribution in [3.05, 3.63) is 11.6 Å². The minimum absolute atomic E-state index is 0.124. The van der Waals surface area contributed by atoms with Crippen molar-refractivity contribution in [1.29, 1.82) is 0 Å². The van der Waals surface area contributed by atoms with Gasteiger partial charge < -0.3 is 15.2 Å². The monoisotopic (exact) mass is 199 g/mol. The molecule has 0 unspecified atom stereocenters. The lowest BCUT2D eigenvalue weighted by molar-refractivity contribution is -0.118. The number of aliphatic hydroxyl groups excluding tert-OH is 1. The lowest BCUT2D eigenvalue weighted by Crippen LogP contribution is -2.42. The molecule has 0 radical (unpaired) electrons. The van der Waals surface area contributed by atoms with Gasteiger partial charge in [-0.1, -0.05) is 13.0 Å². The van der Waals surface area contributed by atoms with E-state index in [0.29, 0.717) is 18.8 Å². The lowest BCUT2D eigenvalue weighted by atomic mass is 10.2. The highest BCUT2D eigenvalue weighted by molar-refractivity contribution is 5.92. The minimum Gasteiger partial charge on any atom is -0.388 e. The molecule has 2 atom stereocenters. The van der Waals surface area contributed by atoms with Gasteiger partial charge in [0.1, 0.15) is 0 Å². The fourth-order valence-electron chi connectivity index (χ4n) is 1.36. The maximum atomic E-state index is 11.5. The van der Waals surface area contributed by atoms with E-state index >= 15 is 0 Å². The molecule has 1 rings (SSSR count). The van der Waals surface area contributed by atoms with Crippen molar-refractivity contribution in [2.45, 2.75) is 32.4 Å². The molecule has 0 saturated carbocycles. The molecule has 1 aliphatic heterocycles. The van der Waals surface area contributed by atoms with Crippen molar-refractivity contribution in [2.75, 3.05) is 13.2 Å². The van der Waals surface area contributed by atoms with E-state index in [2.05, 4.69) is 5.32 Å². The molecule has 1 saturated heterocycles. The Morgan fingerprint density at radius 1 is 1.64 bits per heavy atom. The second kappa shape index (κ2) is 5.12. The molecule has 1 fully saturated rings. The predicted octanol–water partition coefficient (Wildman–Crippen LogP) is 0.219. The molecule has 0 aromatic rings. The molecule has 80 valence electrons. The highest BCUT2D eigenvalue weighted by atomic mass is 16.5. The summed E-state index contributed by atoms with van der Waals surface area (Å²) >= 11 is 0. The van der Waals surface area contributed by atoms with Gasteiger partial charge in [0.15, 0.2) is 0 Å². The Hall–Kier alpha value is -0.870. The first-order valence-electron chi connectivity index (χ1n) is 4.88. The van der Waals surface area contributed by atoms with Crippen molar-refractivity contribution >= 4 is 5.91 Å². The molecule has 2 N–H and O–H groups in total. The number of amides is 1. The average molecular weight is 199 g/mol. The van der Waals surface area contributed by atoms with E-state index in [0.717, 1.165) is 6.42 Å². The molecule has 0 aromatic heterocycles. The number of allylic oxidation sites excluding steroid dienone is 1. The normalized spacial score (nSPS) is 27.8. The largest absolute Gasteiger partial charge is 0.388 e. The summed E-state index contributed by atoms with van der Waals surface area (Å²) < 4.78 is 5.03. The highest BCUT2D eigenvalue weighted by Gasteiger charge is 2.27. The third-order valence-corrected chi connectivity index (χ3v) is 2.24. The number of carbonyl (C=O) groups excluding carboxylic acids is 1. The molecule has 1 amide bonds. The summed E-state index contributed by atoms with van der Waals surface area (Å²) in [6.45, 7) is 4.44. The van der Waals surface area contributed by atoms with Gasteiger partial charge in [-0.3, -0.25) is 4.79 Å². The second-order valence-corrected chi connectivity index (χ2v) is 3.48. The number of nitrogens with one attached hydrogen (secondary N) is 1. The van der Waals surface area contributed by atoms with Gasteiger partial charge in [0, 0.05) is 5.57 Å². The van der Waals surface area contributed by atoms with Crippen LogP contribution in [0, 0.1) is 0 Å². The van der Waals surface area contributed by atoms with Crippen LogP contribution in [-0.2, 0) is 9.53 Å². The Morgan fingerprint density at radius 3 is 2.86 bits per heavy atom. The van der Waals surface area contributed by atoms with Crippen molar-refractivity contribution in [2.24, 2.45) is 0 Å². The Balaban J connectivity index is 2.44. The Bertz CT molecular complexity index is 238. The molecule has 1 heterocycles. The minimum atomic E-state index is -0.576. The van der Waals surface area contributed by atoms with E-state index in [9.17, 15) is 9.90 Å². The fourth-order valence-corrected chi connectivity index (χ4v) is 1.36. The number of rotatable bonds is 3. The molecular weight excluding hydrogens is 182 g/mol. The van der Waals surface area contributed by atoms with Crippen LogP contribution in [0.5, 0.6) is 0 Å². The van der Waals surface area contributed by atoms with E-state index < -0.39 is 6.10 Å². The molecule has 14 heavy (non-hydrogen) atoms. The van der Waals surface area contributed by atoms with Crippen LogP contribution in [0.2, 0.25) is 0 Å². The average Bonchev–Trinajstić information content (AvgIpc) is 2.52. The summed E-state index contributed by atoms with van der Waals surface area (Å²) in [5, 5.41) is 12.1. The summed E-state index contributed by atoms with van der Waals surface area (Å²) in [5.41, 5.74) is 0.687. The SMILES string of the molecule is CC/C=C(/C)C(=O)N[C@@H]1COC[C@H]1O. The number of ether oxygens (including phenoxy) is 1. The lowest BCUT2D eigenvalue weighted by Gasteiger charge is -2.14. The quantitative estimate of drug-likeness (QED) is 0.639. The molecule has 0 aliphatic carbocycles. The molecule has 0 spiro atoms. The van der Waals surface area contributed by atoms with E-state index in [4.69, 9.17) is 4.74 Å². The topological polar surface area (TPSA) is 58.6 Å². The van der Waals surface area contributed by atoms with Gasteiger partial charge in [-0.15, -0.1) is 0 Å². The van der Waals surface area contributed by atoms with Gasteiger partial charge in [0.25, 0.3) is 0 Å². The van der Waals surface area contributed by atoms with Crippen LogP contribution < -0.4 is 5.32 Å². The third-order valence-electron chi connectivity index (χ3n) is 2.24. The Kier molecular flexibility index (Phi) is 4.10. The van der Waals surface area contributed by atoms with Gasteiger partial charge in [0.2, 0.25) is 5.91 Å². The highest BCUT2D eigenvalue weighted by Crippen LogP contribution is 2.06. The molecule has 0 bridgehead atoms.